The van der Waals surface area contributed by atoms with E-state index < -0.39 is 0 Å². The van der Waals surface area contributed by atoms with Gasteiger partial charge >= 0.3 is 0 Å². The first kappa shape index (κ1) is 13.6. The van der Waals surface area contributed by atoms with Crippen molar-refractivity contribution in [2.45, 2.75) is 11.8 Å². The first-order chi connectivity index (χ1) is 10.4. The molecule has 0 amide bonds. The predicted molar refractivity (Wildman–Crippen MR) is 90.3 cm³/mol. The molecular weight excluding hydrogens is 252 g/mol. The molecule has 0 aliphatic heterocycles. The van der Waals surface area contributed by atoms with Gasteiger partial charge in [0, 0.05) is 0 Å². The second-order valence-corrected chi connectivity index (χ2v) is 5.51. The summed E-state index contributed by atoms with van der Waals surface area (Å²) in [5, 5.41) is 0. The number of allylic oxidation sites excluding steroid dienone is 4. The quantitative estimate of drug-likeness (QED) is 0.632. The van der Waals surface area contributed by atoms with Crippen LogP contribution in [-0.4, -0.2) is 0 Å². The van der Waals surface area contributed by atoms with Gasteiger partial charge < -0.3 is 0 Å². The van der Waals surface area contributed by atoms with Crippen LogP contribution in [0.25, 0.3) is 0 Å². The molecule has 0 heteroatoms. The molecule has 104 valence electrons. The second-order valence-electron chi connectivity index (χ2n) is 5.51. The molecule has 2 aromatic carbocycles. The number of hydrogen-bond donors (Lipinski definition) is 0. The number of rotatable bonds is 5. The van der Waals surface area contributed by atoms with E-state index in [0.29, 0.717) is 17.8 Å². The fraction of sp³-hybridized carbons (Fsp3) is 0.143. The zero-order chi connectivity index (χ0) is 14.7. The SMILES string of the molecule is C=CC=C(C=C)C1C(c2ccccc2)C1c1ccccc1. The lowest BCUT2D eigenvalue weighted by molar-refractivity contribution is 0.956. The Labute approximate surface area is 127 Å². The van der Waals surface area contributed by atoms with Crippen molar-refractivity contribution in [3.05, 3.63) is 109 Å². The van der Waals surface area contributed by atoms with Crippen LogP contribution in [0.2, 0.25) is 0 Å². The van der Waals surface area contributed by atoms with Crippen molar-refractivity contribution in [2.75, 3.05) is 0 Å². The molecule has 2 aromatic rings. The van der Waals surface area contributed by atoms with E-state index in [2.05, 4.69) is 79.9 Å². The summed E-state index contributed by atoms with van der Waals surface area (Å²) in [5.41, 5.74) is 4.11. The molecule has 1 aliphatic rings. The highest BCUT2D eigenvalue weighted by Gasteiger charge is 2.52. The largest absolute Gasteiger partial charge is 0.0991 e. The zero-order valence-corrected chi connectivity index (χ0v) is 12.2. The zero-order valence-electron chi connectivity index (χ0n) is 12.2. The van der Waals surface area contributed by atoms with Gasteiger partial charge in [-0.3, -0.25) is 0 Å². The third-order valence-corrected chi connectivity index (χ3v) is 4.32. The van der Waals surface area contributed by atoms with Gasteiger partial charge in [0.15, 0.2) is 0 Å². The highest BCUT2D eigenvalue weighted by Crippen LogP contribution is 2.63. The topological polar surface area (TPSA) is 0 Å². The highest BCUT2D eigenvalue weighted by atomic mass is 14.5. The van der Waals surface area contributed by atoms with Crippen LogP contribution >= 0.6 is 0 Å². The van der Waals surface area contributed by atoms with Crippen LogP contribution in [0.15, 0.2) is 97.6 Å². The Hall–Kier alpha value is -2.34. The second kappa shape index (κ2) is 5.97. The molecule has 0 N–H and O–H groups in total. The minimum Gasteiger partial charge on any atom is -0.0991 e. The Kier molecular flexibility index (Phi) is 3.87. The van der Waals surface area contributed by atoms with Crippen LogP contribution in [-0.2, 0) is 0 Å². The van der Waals surface area contributed by atoms with Gasteiger partial charge in [0.25, 0.3) is 0 Å². The van der Waals surface area contributed by atoms with Crippen molar-refractivity contribution in [3.8, 4) is 0 Å². The standard InChI is InChI=1S/C21H20/c1-3-11-16(4-2)19-20(17-12-7-5-8-13-17)21(19)18-14-9-6-10-15-18/h3-15,19-21H,1-2H2. The maximum absolute atomic E-state index is 3.98. The van der Waals surface area contributed by atoms with Gasteiger partial charge in [-0.2, -0.15) is 0 Å². The van der Waals surface area contributed by atoms with E-state index in [-0.39, 0.29) is 0 Å². The summed E-state index contributed by atoms with van der Waals surface area (Å²) in [4.78, 5) is 0. The Morgan fingerprint density at radius 3 is 1.62 bits per heavy atom. The van der Waals surface area contributed by atoms with E-state index in [1.807, 2.05) is 12.2 Å². The summed E-state index contributed by atoms with van der Waals surface area (Å²) in [6.45, 7) is 7.81. The molecule has 1 saturated carbocycles. The van der Waals surface area contributed by atoms with E-state index in [4.69, 9.17) is 0 Å². The van der Waals surface area contributed by atoms with Gasteiger partial charge in [0.2, 0.25) is 0 Å². The average molecular weight is 272 g/mol. The van der Waals surface area contributed by atoms with Crippen LogP contribution in [0.1, 0.15) is 23.0 Å². The van der Waals surface area contributed by atoms with Gasteiger partial charge in [0.05, 0.1) is 0 Å². The fourth-order valence-electron chi connectivity index (χ4n) is 3.36. The van der Waals surface area contributed by atoms with Gasteiger partial charge in [-0.1, -0.05) is 92.0 Å². The van der Waals surface area contributed by atoms with Crippen molar-refractivity contribution in [1.29, 1.82) is 0 Å². The lowest BCUT2D eigenvalue weighted by Crippen LogP contribution is -1.86. The van der Waals surface area contributed by atoms with Crippen LogP contribution in [0.4, 0.5) is 0 Å². The fourth-order valence-corrected chi connectivity index (χ4v) is 3.36. The Morgan fingerprint density at radius 2 is 1.24 bits per heavy atom. The first-order valence-corrected chi connectivity index (χ1v) is 7.41. The summed E-state index contributed by atoms with van der Waals surface area (Å²) >= 11 is 0. The molecule has 0 aromatic heterocycles. The molecule has 0 bridgehead atoms. The van der Waals surface area contributed by atoms with Crippen molar-refractivity contribution >= 4 is 0 Å². The number of benzene rings is 2. The predicted octanol–water partition coefficient (Wildman–Crippen LogP) is 5.48. The van der Waals surface area contributed by atoms with Crippen LogP contribution in [0.3, 0.4) is 0 Å². The average Bonchev–Trinajstić information content (AvgIpc) is 3.29. The normalized spacial score (nSPS) is 24.4. The van der Waals surface area contributed by atoms with E-state index >= 15 is 0 Å². The summed E-state index contributed by atoms with van der Waals surface area (Å²) < 4.78 is 0. The van der Waals surface area contributed by atoms with Crippen molar-refractivity contribution in [1.82, 2.24) is 0 Å². The summed E-state index contributed by atoms with van der Waals surface area (Å²) in [6.07, 6.45) is 5.93. The Bertz CT molecular complexity index is 603. The van der Waals surface area contributed by atoms with E-state index in [1.165, 1.54) is 16.7 Å². The van der Waals surface area contributed by atoms with Crippen LogP contribution in [0, 0.1) is 5.92 Å². The Morgan fingerprint density at radius 1 is 0.762 bits per heavy atom. The molecular formula is C21H20. The highest BCUT2D eigenvalue weighted by molar-refractivity contribution is 5.47. The van der Waals surface area contributed by atoms with Gasteiger partial charge in [-0.15, -0.1) is 0 Å². The molecule has 3 rings (SSSR count). The third-order valence-electron chi connectivity index (χ3n) is 4.32. The van der Waals surface area contributed by atoms with Crippen molar-refractivity contribution in [3.63, 3.8) is 0 Å². The summed E-state index contributed by atoms with van der Waals surface area (Å²) in [6, 6.07) is 21.6. The third kappa shape index (κ3) is 2.62. The molecule has 0 heterocycles. The van der Waals surface area contributed by atoms with Crippen molar-refractivity contribution in [2.24, 2.45) is 5.92 Å². The molecule has 0 spiro atoms. The molecule has 2 unspecified atom stereocenters. The molecule has 2 atom stereocenters. The van der Waals surface area contributed by atoms with Gasteiger partial charge in [0.1, 0.15) is 0 Å². The molecule has 0 radical (unpaired) electrons. The number of hydrogen-bond acceptors (Lipinski definition) is 0. The lowest BCUT2D eigenvalue weighted by atomic mass is 10.0. The minimum absolute atomic E-state index is 0.505. The Balaban J connectivity index is 1.98. The summed E-state index contributed by atoms with van der Waals surface area (Å²) in [5.74, 6) is 1.58. The monoisotopic (exact) mass is 272 g/mol. The molecule has 0 saturated heterocycles. The van der Waals surface area contributed by atoms with Crippen LogP contribution < -0.4 is 0 Å². The van der Waals surface area contributed by atoms with E-state index in [1.54, 1.807) is 0 Å². The first-order valence-electron chi connectivity index (χ1n) is 7.41. The lowest BCUT2D eigenvalue weighted by Gasteiger charge is -2.00. The van der Waals surface area contributed by atoms with E-state index in [9.17, 15) is 0 Å². The van der Waals surface area contributed by atoms with Crippen LogP contribution in [0.5, 0.6) is 0 Å². The molecule has 1 aliphatic carbocycles. The smallest absolute Gasteiger partial charge is 0.00121 e. The van der Waals surface area contributed by atoms with Gasteiger partial charge in [-0.25, -0.2) is 0 Å². The minimum atomic E-state index is 0.505. The molecule has 1 fully saturated rings. The maximum atomic E-state index is 3.98. The van der Waals surface area contributed by atoms with Crippen molar-refractivity contribution < 1.29 is 0 Å². The van der Waals surface area contributed by atoms with Gasteiger partial charge in [-0.05, 0) is 34.5 Å². The molecule has 0 nitrogen and oxygen atoms in total. The van der Waals surface area contributed by atoms with E-state index in [0.717, 1.165) is 0 Å². The molecule has 21 heavy (non-hydrogen) atoms. The maximum Gasteiger partial charge on any atom is -0.00121 e. The summed E-state index contributed by atoms with van der Waals surface area (Å²) in [7, 11) is 0.